The molecule has 0 aliphatic carbocycles. The Labute approximate surface area is 98.0 Å². The molecule has 88 valence electrons. The molecule has 0 radical (unpaired) electrons. The Morgan fingerprint density at radius 3 is 2.75 bits per heavy atom. The summed E-state index contributed by atoms with van der Waals surface area (Å²) < 4.78 is 5.76. The van der Waals surface area contributed by atoms with Crippen molar-refractivity contribution >= 4 is 0 Å². The van der Waals surface area contributed by atoms with Gasteiger partial charge in [-0.1, -0.05) is 25.5 Å². The molecule has 1 saturated heterocycles. The molecule has 16 heavy (non-hydrogen) atoms. The number of nitrogens with one attached hydrogen (secondary N) is 1. The summed E-state index contributed by atoms with van der Waals surface area (Å²) in [5.74, 6) is 0.994. The van der Waals surface area contributed by atoms with Crippen LogP contribution < -0.4 is 10.1 Å². The van der Waals surface area contributed by atoms with Crippen molar-refractivity contribution in [2.24, 2.45) is 0 Å². The summed E-state index contributed by atoms with van der Waals surface area (Å²) >= 11 is 0. The number of benzene rings is 1. The second-order valence-corrected chi connectivity index (χ2v) is 4.50. The van der Waals surface area contributed by atoms with E-state index in [0.29, 0.717) is 6.04 Å². The van der Waals surface area contributed by atoms with Crippen molar-refractivity contribution in [1.82, 2.24) is 5.32 Å². The first-order valence-corrected chi connectivity index (χ1v) is 6.33. The minimum Gasteiger partial charge on any atom is -0.492 e. The molecular weight excluding hydrogens is 198 g/mol. The minimum absolute atomic E-state index is 0.551. The Bertz CT molecular complexity index is 301. The van der Waals surface area contributed by atoms with Crippen molar-refractivity contribution in [3.8, 4) is 5.75 Å². The standard InChI is InChI=1S/C14H21NO/c1-2-4-12-6-8-14(9-7-12)16-11-13-5-3-10-15-13/h6-9,13,15H,2-5,10-11H2,1H3/t13-/m0/s1. The third kappa shape index (κ3) is 3.24. The molecule has 1 aliphatic heterocycles. The third-order valence-corrected chi connectivity index (χ3v) is 3.08. The largest absolute Gasteiger partial charge is 0.492 e. The van der Waals surface area contributed by atoms with E-state index in [1.807, 2.05) is 0 Å². The van der Waals surface area contributed by atoms with Crippen LogP contribution in [0.1, 0.15) is 31.7 Å². The molecule has 1 aromatic carbocycles. The molecule has 1 atom stereocenters. The molecule has 2 heteroatoms. The summed E-state index contributed by atoms with van der Waals surface area (Å²) in [6, 6.07) is 9.05. The van der Waals surface area contributed by atoms with Gasteiger partial charge in [-0.3, -0.25) is 0 Å². The van der Waals surface area contributed by atoms with Gasteiger partial charge in [0, 0.05) is 6.04 Å². The Hall–Kier alpha value is -1.02. The molecule has 1 aliphatic rings. The van der Waals surface area contributed by atoms with Gasteiger partial charge < -0.3 is 10.1 Å². The lowest BCUT2D eigenvalue weighted by atomic mass is 10.1. The van der Waals surface area contributed by atoms with Gasteiger partial charge in [0.05, 0.1) is 0 Å². The number of ether oxygens (including phenoxy) is 1. The van der Waals surface area contributed by atoms with Crippen molar-refractivity contribution in [3.63, 3.8) is 0 Å². The molecule has 2 nitrogen and oxygen atoms in total. The molecule has 1 aromatic rings. The van der Waals surface area contributed by atoms with Crippen LogP contribution in [0.2, 0.25) is 0 Å². The Balaban J connectivity index is 1.80. The van der Waals surface area contributed by atoms with Crippen LogP contribution in [0.4, 0.5) is 0 Å². The van der Waals surface area contributed by atoms with Crippen LogP contribution >= 0.6 is 0 Å². The third-order valence-electron chi connectivity index (χ3n) is 3.08. The van der Waals surface area contributed by atoms with Crippen molar-refractivity contribution in [1.29, 1.82) is 0 Å². The SMILES string of the molecule is CCCc1ccc(OC[C@@H]2CCCN2)cc1. The zero-order valence-electron chi connectivity index (χ0n) is 10.0. The Kier molecular flexibility index (Phi) is 4.23. The van der Waals surface area contributed by atoms with Crippen LogP contribution in [0.3, 0.4) is 0 Å². The molecule has 1 heterocycles. The zero-order valence-corrected chi connectivity index (χ0v) is 10.0. The van der Waals surface area contributed by atoms with E-state index >= 15 is 0 Å². The first-order chi connectivity index (χ1) is 7.88. The molecule has 1 N–H and O–H groups in total. The van der Waals surface area contributed by atoms with E-state index in [0.717, 1.165) is 25.3 Å². The fourth-order valence-corrected chi connectivity index (χ4v) is 2.14. The molecule has 0 saturated carbocycles. The fourth-order valence-electron chi connectivity index (χ4n) is 2.14. The van der Waals surface area contributed by atoms with E-state index in [-0.39, 0.29) is 0 Å². The average molecular weight is 219 g/mol. The van der Waals surface area contributed by atoms with E-state index < -0.39 is 0 Å². The smallest absolute Gasteiger partial charge is 0.119 e. The summed E-state index contributed by atoms with van der Waals surface area (Å²) in [6.45, 7) is 4.15. The van der Waals surface area contributed by atoms with Gasteiger partial charge in [0.2, 0.25) is 0 Å². The van der Waals surface area contributed by atoms with Gasteiger partial charge in [0.25, 0.3) is 0 Å². The maximum absolute atomic E-state index is 5.76. The van der Waals surface area contributed by atoms with Crippen LogP contribution in [0, 0.1) is 0 Å². The predicted octanol–water partition coefficient (Wildman–Crippen LogP) is 2.77. The maximum atomic E-state index is 5.76. The van der Waals surface area contributed by atoms with Crippen molar-refractivity contribution in [2.75, 3.05) is 13.2 Å². The lowest BCUT2D eigenvalue weighted by molar-refractivity contribution is 0.277. The lowest BCUT2D eigenvalue weighted by Gasteiger charge is -2.12. The quantitative estimate of drug-likeness (QED) is 0.822. The monoisotopic (exact) mass is 219 g/mol. The number of hydrogen-bond acceptors (Lipinski definition) is 2. The maximum Gasteiger partial charge on any atom is 0.119 e. The van der Waals surface area contributed by atoms with E-state index in [4.69, 9.17) is 4.74 Å². The Morgan fingerprint density at radius 1 is 1.31 bits per heavy atom. The molecule has 0 aromatic heterocycles. The minimum atomic E-state index is 0.551. The molecule has 0 amide bonds. The van der Waals surface area contributed by atoms with E-state index in [1.54, 1.807) is 0 Å². The summed E-state index contributed by atoms with van der Waals surface area (Å²) in [6.07, 6.45) is 4.88. The summed E-state index contributed by atoms with van der Waals surface area (Å²) in [5.41, 5.74) is 1.40. The summed E-state index contributed by atoms with van der Waals surface area (Å²) in [7, 11) is 0. The fraction of sp³-hybridized carbons (Fsp3) is 0.571. The van der Waals surface area contributed by atoms with Gasteiger partial charge in [0.15, 0.2) is 0 Å². The molecule has 1 fully saturated rings. The van der Waals surface area contributed by atoms with Gasteiger partial charge >= 0.3 is 0 Å². The van der Waals surface area contributed by atoms with Gasteiger partial charge in [-0.25, -0.2) is 0 Å². The van der Waals surface area contributed by atoms with Crippen LogP contribution in [-0.4, -0.2) is 19.2 Å². The Morgan fingerprint density at radius 2 is 2.12 bits per heavy atom. The highest BCUT2D eigenvalue weighted by molar-refractivity contribution is 5.27. The summed E-state index contributed by atoms with van der Waals surface area (Å²) in [5, 5.41) is 3.43. The molecular formula is C14H21NO. The highest BCUT2D eigenvalue weighted by Gasteiger charge is 2.14. The highest BCUT2D eigenvalue weighted by Crippen LogP contribution is 2.14. The molecule has 0 spiro atoms. The van der Waals surface area contributed by atoms with E-state index in [2.05, 4.69) is 36.5 Å². The van der Waals surface area contributed by atoms with Crippen LogP contribution in [0.25, 0.3) is 0 Å². The van der Waals surface area contributed by atoms with Crippen LogP contribution in [0.5, 0.6) is 5.75 Å². The van der Waals surface area contributed by atoms with Gasteiger partial charge in [-0.15, -0.1) is 0 Å². The average Bonchev–Trinajstić information content (AvgIpc) is 2.82. The summed E-state index contributed by atoms with van der Waals surface area (Å²) in [4.78, 5) is 0. The first-order valence-electron chi connectivity index (χ1n) is 6.33. The number of rotatable bonds is 5. The molecule has 0 unspecified atom stereocenters. The van der Waals surface area contributed by atoms with Gasteiger partial charge in [0.1, 0.15) is 12.4 Å². The van der Waals surface area contributed by atoms with Gasteiger partial charge in [-0.05, 0) is 43.5 Å². The number of hydrogen-bond donors (Lipinski definition) is 1. The van der Waals surface area contributed by atoms with Gasteiger partial charge in [-0.2, -0.15) is 0 Å². The zero-order chi connectivity index (χ0) is 11.2. The highest BCUT2D eigenvalue weighted by atomic mass is 16.5. The van der Waals surface area contributed by atoms with E-state index in [9.17, 15) is 0 Å². The predicted molar refractivity (Wildman–Crippen MR) is 67.0 cm³/mol. The second-order valence-electron chi connectivity index (χ2n) is 4.50. The van der Waals surface area contributed by atoms with Crippen LogP contribution in [0.15, 0.2) is 24.3 Å². The van der Waals surface area contributed by atoms with Crippen LogP contribution in [-0.2, 0) is 6.42 Å². The molecule has 2 rings (SSSR count). The second kappa shape index (κ2) is 5.90. The van der Waals surface area contributed by atoms with Crippen molar-refractivity contribution < 1.29 is 4.74 Å². The number of aryl methyl sites for hydroxylation is 1. The van der Waals surface area contributed by atoms with Crippen molar-refractivity contribution in [2.45, 2.75) is 38.6 Å². The van der Waals surface area contributed by atoms with Crippen molar-refractivity contribution in [3.05, 3.63) is 29.8 Å². The molecule has 0 bridgehead atoms. The first kappa shape index (κ1) is 11.5. The lowest BCUT2D eigenvalue weighted by Crippen LogP contribution is -2.28. The topological polar surface area (TPSA) is 21.3 Å². The van der Waals surface area contributed by atoms with E-state index in [1.165, 1.54) is 24.8 Å². The normalized spacial score (nSPS) is 19.9.